The third-order valence-electron chi connectivity index (χ3n) is 2.51. The van der Waals surface area contributed by atoms with Crippen LogP contribution >= 0.6 is 11.3 Å². The molecule has 4 heteroatoms. The predicted octanol–water partition coefficient (Wildman–Crippen LogP) is 2.76. The quantitative estimate of drug-likeness (QED) is 0.652. The molecule has 2 aromatic rings. The van der Waals surface area contributed by atoms with Gasteiger partial charge in [0, 0.05) is 24.7 Å². The molecule has 3 nitrogen and oxygen atoms in total. The zero-order valence-corrected chi connectivity index (χ0v) is 10.8. The number of allylic oxidation sites excluding steroid dienone is 1. The molecule has 0 aromatic carbocycles. The Hall–Kier alpha value is -1.13. The van der Waals surface area contributed by atoms with Crippen LogP contribution < -0.4 is 5.32 Å². The summed E-state index contributed by atoms with van der Waals surface area (Å²) in [7, 11) is 0. The Morgan fingerprint density at radius 3 is 3.12 bits per heavy atom. The van der Waals surface area contributed by atoms with E-state index in [0.717, 1.165) is 23.7 Å². The van der Waals surface area contributed by atoms with Gasteiger partial charge in [-0.25, -0.2) is 4.98 Å². The Morgan fingerprint density at radius 2 is 2.38 bits per heavy atom. The summed E-state index contributed by atoms with van der Waals surface area (Å²) in [6.45, 7) is 8.08. The van der Waals surface area contributed by atoms with Gasteiger partial charge in [0.05, 0.1) is 11.4 Å². The van der Waals surface area contributed by atoms with Crippen LogP contribution in [0, 0.1) is 6.92 Å². The minimum absolute atomic E-state index is 0.869. The summed E-state index contributed by atoms with van der Waals surface area (Å²) in [5, 5.41) is 5.48. The molecule has 2 heterocycles. The summed E-state index contributed by atoms with van der Waals surface area (Å²) in [5.74, 6) is 0. The average Bonchev–Trinajstić information content (AvgIpc) is 2.74. The number of aromatic nitrogens is 2. The van der Waals surface area contributed by atoms with Gasteiger partial charge in [0.1, 0.15) is 0 Å². The second-order valence-corrected chi connectivity index (χ2v) is 4.98. The lowest BCUT2D eigenvalue weighted by Crippen LogP contribution is -2.15. The number of rotatable bonds is 4. The molecule has 2 aromatic heterocycles. The van der Waals surface area contributed by atoms with Gasteiger partial charge in [0.2, 0.25) is 0 Å². The van der Waals surface area contributed by atoms with Crippen LogP contribution in [0.2, 0.25) is 0 Å². The molecule has 0 aliphatic heterocycles. The first-order valence-electron chi connectivity index (χ1n) is 5.43. The lowest BCUT2D eigenvalue weighted by atomic mass is 10.3. The highest BCUT2D eigenvalue weighted by Crippen LogP contribution is 2.16. The summed E-state index contributed by atoms with van der Waals surface area (Å²) < 4.78 is 2.16. The SMILES string of the molecule is CC(C)=CCNCc1c(C)nc2sccn12. The lowest BCUT2D eigenvalue weighted by molar-refractivity contribution is 0.728. The number of fused-ring (bicyclic) bond motifs is 1. The van der Waals surface area contributed by atoms with Crippen LogP contribution in [-0.2, 0) is 6.54 Å². The molecule has 1 N–H and O–H groups in total. The maximum Gasteiger partial charge on any atom is 0.194 e. The van der Waals surface area contributed by atoms with Crippen molar-refractivity contribution >= 4 is 16.3 Å². The maximum absolute atomic E-state index is 4.51. The number of hydrogen-bond donors (Lipinski definition) is 1. The number of thiazole rings is 1. The molecule has 0 aliphatic rings. The van der Waals surface area contributed by atoms with E-state index >= 15 is 0 Å². The third kappa shape index (κ3) is 2.33. The molecule has 0 spiro atoms. The number of nitrogens with one attached hydrogen (secondary N) is 1. The van der Waals surface area contributed by atoms with Gasteiger partial charge < -0.3 is 5.32 Å². The van der Waals surface area contributed by atoms with Crippen molar-refractivity contribution in [2.24, 2.45) is 0 Å². The van der Waals surface area contributed by atoms with Crippen molar-refractivity contribution in [3.63, 3.8) is 0 Å². The van der Waals surface area contributed by atoms with Crippen molar-refractivity contribution in [1.29, 1.82) is 0 Å². The van der Waals surface area contributed by atoms with Crippen LogP contribution in [0.4, 0.5) is 0 Å². The van der Waals surface area contributed by atoms with Gasteiger partial charge in [-0.3, -0.25) is 4.40 Å². The van der Waals surface area contributed by atoms with Gasteiger partial charge in [-0.1, -0.05) is 11.6 Å². The van der Waals surface area contributed by atoms with Crippen molar-refractivity contribution < 1.29 is 0 Å². The molecule has 2 rings (SSSR count). The van der Waals surface area contributed by atoms with E-state index in [1.54, 1.807) is 11.3 Å². The van der Waals surface area contributed by atoms with E-state index < -0.39 is 0 Å². The van der Waals surface area contributed by atoms with E-state index in [2.05, 4.69) is 53.1 Å². The Bertz CT molecular complexity index is 503. The Labute approximate surface area is 99.8 Å². The largest absolute Gasteiger partial charge is 0.308 e. The summed E-state index contributed by atoms with van der Waals surface area (Å²) in [6.07, 6.45) is 4.28. The van der Waals surface area contributed by atoms with E-state index in [1.165, 1.54) is 11.3 Å². The van der Waals surface area contributed by atoms with E-state index in [0.29, 0.717) is 0 Å². The minimum atomic E-state index is 0.869. The maximum atomic E-state index is 4.51. The fraction of sp³-hybridized carbons (Fsp3) is 0.417. The monoisotopic (exact) mass is 235 g/mol. The number of nitrogens with zero attached hydrogens (tertiary/aromatic N) is 2. The molecule has 0 atom stereocenters. The summed E-state index contributed by atoms with van der Waals surface area (Å²) >= 11 is 1.68. The molecular weight excluding hydrogens is 218 g/mol. The van der Waals surface area contributed by atoms with Gasteiger partial charge in [-0.05, 0) is 20.8 Å². The zero-order valence-electron chi connectivity index (χ0n) is 9.95. The first-order chi connectivity index (χ1) is 7.68. The smallest absolute Gasteiger partial charge is 0.194 e. The Balaban J connectivity index is 2.06. The molecule has 86 valence electrons. The first-order valence-corrected chi connectivity index (χ1v) is 6.31. The fourth-order valence-electron chi connectivity index (χ4n) is 1.62. The van der Waals surface area contributed by atoms with E-state index in [1.807, 2.05) is 0 Å². The standard InChI is InChI=1S/C12H17N3S/c1-9(2)4-5-13-8-11-10(3)14-12-15(11)6-7-16-12/h4,6-7,13H,5,8H2,1-3H3. The normalized spacial score (nSPS) is 10.9. The number of imidazole rings is 1. The number of hydrogen-bond acceptors (Lipinski definition) is 3. The molecule has 16 heavy (non-hydrogen) atoms. The van der Waals surface area contributed by atoms with E-state index in [4.69, 9.17) is 0 Å². The second-order valence-electron chi connectivity index (χ2n) is 4.11. The van der Waals surface area contributed by atoms with Crippen LogP contribution in [0.3, 0.4) is 0 Å². The van der Waals surface area contributed by atoms with Gasteiger partial charge in [-0.2, -0.15) is 0 Å². The topological polar surface area (TPSA) is 29.3 Å². The molecule has 0 saturated carbocycles. The van der Waals surface area contributed by atoms with Crippen LogP contribution in [0.1, 0.15) is 25.2 Å². The van der Waals surface area contributed by atoms with Gasteiger partial charge >= 0.3 is 0 Å². The molecule has 0 saturated heterocycles. The molecule has 0 unspecified atom stereocenters. The highest BCUT2D eigenvalue weighted by molar-refractivity contribution is 7.15. The molecule has 0 bridgehead atoms. The molecular formula is C12H17N3S. The Morgan fingerprint density at radius 1 is 1.56 bits per heavy atom. The van der Waals surface area contributed by atoms with Crippen molar-refractivity contribution in [3.8, 4) is 0 Å². The van der Waals surface area contributed by atoms with Crippen LogP contribution in [0.25, 0.3) is 4.96 Å². The van der Waals surface area contributed by atoms with Gasteiger partial charge in [-0.15, -0.1) is 11.3 Å². The lowest BCUT2D eigenvalue weighted by Gasteiger charge is -2.02. The molecule has 0 amide bonds. The zero-order chi connectivity index (χ0) is 11.5. The third-order valence-corrected chi connectivity index (χ3v) is 3.26. The highest BCUT2D eigenvalue weighted by Gasteiger charge is 2.07. The molecule has 0 fully saturated rings. The van der Waals surface area contributed by atoms with Crippen molar-refractivity contribution in [2.75, 3.05) is 6.54 Å². The highest BCUT2D eigenvalue weighted by atomic mass is 32.1. The Kier molecular flexibility index (Phi) is 3.41. The first kappa shape index (κ1) is 11.4. The van der Waals surface area contributed by atoms with Crippen molar-refractivity contribution in [3.05, 3.63) is 34.6 Å². The summed E-state index contributed by atoms with van der Waals surface area (Å²) in [6, 6.07) is 0. The minimum Gasteiger partial charge on any atom is -0.308 e. The van der Waals surface area contributed by atoms with Crippen molar-refractivity contribution in [1.82, 2.24) is 14.7 Å². The molecule has 0 aliphatic carbocycles. The van der Waals surface area contributed by atoms with Crippen molar-refractivity contribution in [2.45, 2.75) is 27.3 Å². The average molecular weight is 235 g/mol. The number of aryl methyl sites for hydroxylation is 1. The van der Waals surface area contributed by atoms with Crippen LogP contribution in [0.5, 0.6) is 0 Å². The van der Waals surface area contributed by atoms with Gasteiger partial charge in [0.15, 0.2) is 4.96 Å². The van der Waals surface area contributed by atoms with E-state index in [-0.39, 0.29) is 0 Å². The predicted molar refractivity (Wildman–Crippen MR) is 68.9 cm³/mol. The van der Waals surface area contributed by atoms with Crippen LogP contribution in [-0.4, -0.2) is 15.9 Å². The summed E-state index contributed by atoms with van der Waals surface area (Å²) in [5.41, 5.74) is 3.73. The van der Waals surface area contributed by atoms with E-state index in [9.17, 15) is 0 Å². The molecule has 0 radical (unpaired) electrons. The van der Waals surface area contributed by atoms with Gasteiger partial charge in [0.25, 0.3) is 0 Å². The fourth-order valence-corrected chi connectivity index (χ4v) is 2.40. The summed E-state index contributed by atoms with van der Waals surface area (Å²) in [4.78, 5) is 5.59. The second kappa shape index (κ2) is 4.80. The van der Waals surface area contributed by atoms with Crippen LogP contribution in [0.15, 0.2) is 23.2 Å².